The minimum atomic E-state index is 0.517. The lowest BCUT2D eigenvalue weighted by atomic mass is 10.1. The van der Waals surface area contributed by atoms with Crippen LogP contribution in [0.1, 0.15) is 19.8 Å². The first-order valence-electron chi connectivity index (χ1n) is 3.02. The molecule has 1 heterocycles. The zero-order valence-corrected chi connectivity index (χ0v) is 6.89. The monoisotopic (exact) mass is 148 g/mol. The Labute approximate surface area is 60.8 Å². The second-order valence-corrected chi connectivity index (χ2v) is 4.56. The molecule has 0 aromatic carbocycles. The lowest BCUT2D eigenvalue weighted by Gasteiger charge is -2.18. The van der Waals surface area contributed by atoms with Crippen LogP contribution in [0.25, 0.3) is 0 Å². The summed E-state index contributed by atoms with van der Waals surface area (Å²) in [7, 11) is 0. The summed E-state index contributed by atoms with van der Waals surface area (Å²) in [4.78, 5) is 0. The Kier molecular flexibility index (Phi) is 2.15. The first kappa shape index (κ1) is 6.81. The minimum Gasteiger partial charge on any atom is -0.178 e. The molecule has 1 rings (SSSR count). The van der Waals surface area contributed by atoms with Crippen LogP contribution in [0, 0.1) is 0 Å². The van der Waals surface area contributed by atoms with E-state index in [9.17, 15) is 0 Å². The van der Waals surface area contributed by atoms with Crippen molar-refractivity contribution in [2.45, 2.75) is 24.5 Å². The number of thioether (sulfide) groups is 1. The van der Waals surface area contributed by atoms with Crippen LogP contribution >= 0.6 is 24.4 Å². The molecule has 1 fully saturated rings. The minimum absolute atomic E-state index is 0.517. The summed E-state index contributed by atoms with van der Waals surface area (Å²) >= 11 is 6.35. The fraction of sp³-hybridized carbons (Fsp3) is 1.00. The molecule has 1 aliphatic heterocycles. The number of hydrogen-bond donors (Lipinski definition) is 1. The maximum absolute atomic E-state index is 4.28. The molecule has 0 aromatic rings. The molecule has 0 nitrogen and oxygen atoms in total. The number of rotatable bonds is 1. The van der Waals surface area contributed by atoms with Gasteiger partial charge in [-0.15, -0.1) is 0 Å². The lowest BCUT2D eigenvalue weighted by molar-refractivity contribution is 0.675. The zero-order valence-electron chi connectivity index (χ0n) is 5.18. The molecule has 0 bridgehead atoms. The van der Waals surface area contributed by atoms with E-state index in [-0.39, 0.29) is 0 Å². The van der Waals surface area contributed by atoms with E-state index in [2.05, 4.69) is 31.3 Å². The standard InChI is InChI=1S/C6H12S2/c1-6(5-7)3-2-4-8-6/h7H,2-5H2,1H3. The Morgan fingerprint density at radius 2 is 2.50 bits per heavy atom. The molecular weight excluding hydrogens is 136 g/mol. The van der Waals surface area contributed by atoms with Gasteiger partial charge in [0.25, 0.3) is 0 Å². The highest BCUT2D eigenvalue weighted by atomic mass is 32.2. The molecule has 48 valence electrons. The van der Waals surface area contributed by atoms with E-state index in [0.29, 0.717) is 4.75 Å². The summed E-state index contributed by atoms with van der Waals surface area (Å²) in [5, 5.41) is 0. The van der Waals surface area contributed by atoms with E-state index < -0.39 is 0 Å². The first-order chi connectivity index (χ1) is 3.77. The quantitative estimate of drug-likeness (QED) is 0.556. The van der Waals surface area contributed by atoms with E-state index in [4.69, 9.17) is 0 Å². The fourth-order valence-electron chi connectivity index (χ4n) is 0.962. The molecule has 0 aromatic heterocycles. The molecule has 0 spiro atoms. The van der Waals surface area contributed by atoms with Crippen molar-refractivity contribution in [3.05, 3.63) is 0 Å². The number of hydrogen-bond acceptors (Lipinski definition) is 2. The fourth-order valence-corrected chi connectivity index (χ4v) is 2.55. The van der Waals surface area contributed by atoms with Crippen LogP contribution in [-0.4, -0.2) is 16.3 Å². The molecule has 0 radical (unpaired) electrons. The van der Waals surface area contributed by atoms with Crippen LogP contribution in [0.4, 0.5) is 0 Å². The Bertz CT molecular complexity index is 74.6. The summed E-state index contributed by atoms with van der Waals surface area (Å²) < 4.78 is 0.517. The highest BCUT2D eigenvalue weighted by Crippen LogP contribution is 2.38. The number of thiol groups is 1. The van der Waals surface area contributed by atoms with Crippen molar-refractivity contribution in [1.82, 2.24) is 0 Å². The van der Waals surface area contributed by atoms with E-state index in [1.54, 1.807) is 0 Å². The van der Waals surface area contributed by atoms with Crippen LogP contribution in [0.3, 0.4) is 0 Å². The van der Waals surface area contributed by atoms with Crippen molar-refractivity contribution in [2.75, 3.05) is 11.5 Å². The van der Waals surface area contributed by atoms with Gasteiger partial charge in [0.15, 0.2) is 0 Å². The third-order valence-corrected chi connectivity index (χ3v) is 4.09. The van der Waals surface area contributed by atoms with E-state index in [1.807, 2.05) is 0 Å². The third-order valence-electron chi connectivity index (χ3n) is 1.63. The molecule has 1 saturated heterocycles. The van der Waals surface area contributed by atoms with Gasteiger partial charge in [0, 0.05) is 10.5 Å². The molecule has 0 N–H and O–H groups in total. The van der Waals surface area contributed by atoms with Crippen LogP contribution in [0.5, 0.6) is 0 Å². The van der Waals surface area contributed by atoms with Gasteiger partial charge in [-0.25, -0.2) is 0 Å². The van der Waals surface area contributed by atoms with Crippen molar-refractivity contribution in [2.24, 2.45) is 0 Å². The Hall–Kier alpha value is 0.700. The van der Waals surface area contributed by atoms with E-state index in [1.165, 1.54) is 18.6 Å². The molecule has 1 aliphatic rings. The Morgan fingerprint density at radius 3 is 2.75 bits per heavy atom. The van der Waals surface area contributed by atoms with Crippen LogP contribution < -0.4 is 0 Å². The van der Waals surface area contributed by atoms with Gasteiger partial charge in [-0.2, -0.15) is 24.4 Å². The van der Waals surface area contributed by atoms with Gasteiger partial charge in [-0.05, 0) is 25.5 Å². The highest BCUT2D eigenvalue weighted by molar-refractivity contribution is 8.01. The average Bonchev–Trinajstić information content (AvgIpc) is 2.17. The maximum Gasteiger partial charge on any atom is 0.0220 e. The third kappa shape index (κ3) is 1.35. The normalized spacial score (nSPS) is 38.2. The predicted molar refractivity (Wildman–Crippen MR) is 44.0 cm³/mol. The summed E-state index contributed by atoms with van der Waals surface area (Å²) in [5.41, 5.74) is 0. The smallest absolute Gasteiger partial charge is 0.0220 e. The van der Waals surface area contributed by atoms with Crippen molar-refractivity contribution in [3.8, 4) is 0 Å². The molecule has 0 aliphatic carbocycles. The Morgan fingerprint density at radius 1 is 1.75 bits per heavy atom. The largest absolute Gasteiger partial charge is 0.178 e. The maximum atomic E-state index is 4.28. The summed E-state index contributed by atoms with van der Waals surface area (Å²) in [5.74, 6) is 2.38. The van der Waals surface area contributed by atoms with E-state index >= 15 is 0 Å². The van der Waals surface area contributed by atoms with Gasteiger partial charge < -0.3 is 0 Å². The SMILES string of the molecule is CC1(CS)CCCS1. The van der Waals surface area contributed by atoms with E-state index in [0.717, 1.165) is 5.75 Å². The molecule has 8 heavy (non-hydrogen) atoms. The van der Waals surface area contributed by atoms with Crippen molar-refractivity contribution >= 4 is 24.4 Å². The summed E-state index contributed by atoms with van der Waals surface area (Å²) in [6.07, 6.45) is 2.75. The topological polar surface area (TPSA) is 0 Å². The van der Waals surface area contributed by atoms with Gasteiger partial charge in [0.1, 0.15) is 0 Å². The predicted octanol–water partition coefficient (Wildman–Crippen LogP) is 2.20. The van der Waals surface area contributed by atoms with Gasteiger partial charge >= 0.3 is 0 Å². The first-order valence-corrected chi connectivity index (χ1v) is 4.63. The Balaban J connectivity index is 2.40. The second kappa shape index (κ2) is 2.53. The van der Waals surface area contributed by atoms with Crippen molar-refractivity contribution in [3.63, 3.8) is 0 Å². The zero-order chi connectivity index (χ0) is 6.04. The molecule has 2 heteroatoms. The second-order valence-electron chi connectivity index (χ2n) is 2.56. The van der Waals surface area contributed by atoms with Crippen molar-refractivity contribution < 1.29 is 0 Å². The molecule has 1 unspecified atom stereocenters. The lowest BCUT2D eigenvalue weighted by Crippen LogP contribution is -2.16. The average molecular weight is 148 g/mol. The summed E-state index contributed by atoms with van der Waals surface area (Å²) in [6.45, 7) is 2.30. The summed E-state index contributed by atoms with van der Waals surface area (Å²) in [6, 6.07) is 0. The van der Waals surface area contributed by atoms with Gasteiger partial charge in [-0.3, -0.25) is 0 Å². The van der Waals surface area contributed by atoms with Crippen molar-refractivity contribution in [1.29, 1.82) is 0 Å². The van der Waals surface area contributed by atoms with Gasteiger partial charge in [0.05, 0.1) is 0 Å². The molecule has 0 amide bonds. The van der Waals surface area contributed by atoms with Crippen LogP contribution in [0.15, 0.2) is 0 Å². The van der Waals surface area contributed by atoms with Crippen LogP contribution in [-0.2, 0) is 0 Å². The van der Waals surface area contributed by atoms with Gasteiger partial charge in [-0.1, -0.05) is 0 Å². The van der Waals surface area contributed by atoms with Gasteiger partial charge in [0.2, 0.25) is 0 Å². The highest BCUT2D eigenvalue weighted by Gasteiger charge is 2.27. The molecule has 0 saturated carbocycles. The molecule has 1 atom stereocenters. The molecular formula is C6H12S2. The van der Waals surface area contributed by atoms with Crippen LogP contribution in [0.2, 0.25) is 0 Å².